The van der Waals surface area contributed by atoms with Crippen LogP contribution in [0.4, 0.5) is 13.2 Å². The Bertz CT molecular complexity index is 424. The molecule has 0 aliphatic heterocycles. The van der Waals surface area contributed by atoms with Gasteiger partial charge in [-0.2, -0.15) is 0 Å². The van der Waals surface area contributed by atoms with Crippen LogP contribution in [0, 0.1) is 0 Å². The van der Waals surface area contributed by atoms with E-state index in [2.05, 4.69) is 10.1 Å². The molecule has 1 rings (SSSR count). The first-order valence-electron chi connectivity index (χ1n) is 5.73. The molecule has 108 valence electrons. The summed E-state index contributed by atoms with van der Waals surface area (Å²) in [6.07, 6.45) is -2.35. The number of halogens is 3. The van der Waals surface area contributed by atoms with Gasteiger partial charge in [0.2, 0.25) is 0 Å². The summed E-state index contributed by atoms with van der Waals surface area (Å²) in [4.78, 5) is 0. The number of para-hydroxylation sites is 1. The molecule has 7 heteroatoms. The molecule has 0 heterocycles. The fourth-order valence-corrected chi connectivity index (χ4v) is 2.05. The molecule has 19 heavy (non-hydrogen) atoms. The molecule has 0 aromatic heterocycles. The molecule has 0 radical (unpaired) electrons. The monoisotopic (exact) mass is 295 g/mol. The second-order valence-corrected chi connectivity index (χ2v) is 5.52. The summed E-state index contributed by atoms with van der Waals surface area (Å²) in [5.41, 5.74) is 0.442. The maximum atomic E-state index is 12.2. The van der Waals surface area contributed by atoms with Gasteiger partial charge in [-0.15, -0.1) is 13.2 Å². The van der Waals surface area contributed by atoms with Crippen molar-refractivity contribution < 1.29 is 22.1 Å². The Balaban J connectivity index is 2.47. The zero-order valence-corrected chi connectivity index (χ0v) is 11.3. The molecular formula is C12H16F3NO2S. The third-order valence-electron chi connectivity index (χ3n) is 2.30. The molecule has 0 saturated carbocycles. The van der Waals surface area contributed by atoms with Crippen LogP contribution in [0.25, 0.3) is 0 Å². The molecule has 0 spiro atoms. The Morgan fingerprint density at radius 1 is 1.32 bits per heavy atom. The van der Waals surface area contributed by atoms with Gasteiger partial charge in [0.15, 0.2) is 0 Å². The highest BCUT2D eigenvalue weighted by molar-refractivity contribution is 7.84. The number of benzene rings is 1. The molecule has 0 aliphatic carbocycles. The molecule has 3 nitrogen and oxygen atoms in total. The summed E-state index contributed by atoms with van der Waals surface area (Å²) in [6.45, 7) is 0.878. The van der Waals surface area contributed by atoms with Crippen LogP contribution in [0.15, 0.2) is 24.3 Å². The highest BCUT2D eigenvalue weighted by Crippen LogP contribution is 2.25. The summed E-state index contributed by atoms with van der Waals surface area (Å²) in [5.74, 6) is 0.384. The second-order valence-electron chi connectivity index (χ2n) is 3.96. The van der Waals surface area contributed by atoms with E-state index in [1.807, 2.05) is 0 Å². The molecule has 1 aromatic carbocycles. The zero-order chi connectivity index (χ0) is 14.3. The molecule has 1 N–H and O–H groups in total. The van der Waals surface area contributed by atoms with E-state index in [0.717, 1.165) is 0 Å². The molecule has 1 atom stereocenters. The number of alkyl halides is 3. The van der Waals surface area contributed by atoms with Gasteiger partial charge < -0.3 is 10.1 Å². The lowest BCUT2D eigenvalue weighted by Gasteiger charge is -2.13. The quantitative estimate of drug-likeness (QED) is 0.785. The lowest BCUT2D eigenvalue weighted by Crippen LogP contribution is -2.21. The minimum atomic E-state index is -4.69. The van der Waals surface area contributed by atoms with Crippen LogP contribution in [-0.2, 0) is 17.3 Å². The van der Waals surface area contributed by atoms with Crippen molar-refractivity contribution in [3.05, 3.63) is 29.8 Å². The maximum absolute atomic E-state index is 12.2. The van der Waals surface area contributed by atoms with Gasteiger partial charge in [0.05, 0.1) is 0 Å². The van der Waals surface area contributed by atoms with E-state index in [-0.39, 0.29) is 12.3 Å². The van der Waals surface area contributed by atoms with E-state index in [1.165, 1.54) is 12.1 Å². The first-order valence-corrected chi connectivity index (χ1v) is 7.45. The molecule has 0 bridgehead atoms. The smallest absolute Gasteiger partial charge is 0.405 e. The first kappa shape index (κ1) is 16.0. The SMILES string of the molecule is CS(=O)CCCNCc1ccccc1OC(F)(F)F. The topological polar surface area (TPSA) is 38.3 Å². The van der Waals surface area contributed by atoms with Crippen molar-refractivity contribution in [2.75, 3.05) is 18.6 Å². The summed E-state index contributed by atoms with van der Waals surface area (Å²) in [6, 6.07) is 6.00. The third-order valence-corrected chi connectivity index (χ3v) is 3.16. The number of nitrogens with one attached hydrogen (secondary N) is 1. The molecule has 0 saturated heterocycles. The van der Waals surface area contributed by atoms with Crippen LogP contribution in [0.1, 0.15) is 12.0 Å². The van der Waals surface area contributed by atoms with Gasteiger partial charge in [-0.3, -0.25) is 4.21 Å². The molecule has 1 unspecified atom stereocenters. The first-order chi connectivity index (χ1) is 8.88. The van der Waals surface area contributed by atoms with Crippen molar-refractivity contribution in [3.63, 3.8) is 0 Å². The third kappa shape index (κ3) is 7.17. The predicted molar refractivity (Wildman–Crippen MR) is 68.4 cm³/mol. The summed E-state index contributed by atoms with van der Waals surface area (Å²) >= 11 is 0. The van der Waals surface area contributed by atoms with Crippen molar-refractivity contribution in [1.82, 2.24) is 5.32 Å². The van der Waals surface area contributed by atoms with Crippen molar-refractivity contribution in [3.8, 4) is 5.75 Å². The van der Waals surface area contributed by atoms with Gasteiger partial charge in [0.25, 0.3) is 0 Å². The van der Waals surface area contributed by atoms with Crippen LogP contribution in [0.2, 0.25) is 0 Å². The minimum absolute atomic E-state index is 0.193. The molecule has 0 fully saturated rings. The number of ether oxygens (including phenoxy) is 1. The zero-order valence-electron chi connectivity index (χ0n) is 10.5. The fourth-order valence-electron chi connectivity index (χ4n) is 1.50. The molecule has 1 aromatic rings. The Hall–Kier alpha value is -1.08. The van der Waals surface area contributed by atoms with Gasteiger partial charge in [0.1, 0.15) is 5.75 Å². The largest absolute Gasteiger partial charge is 0.573 e. The van der Waals surface area contributed by atoms with E-state index in [4.69, 9.17) is 0 Å². The number of hydrogen-bond acceptors (Lipinski definition) is 3. The highest BCUT2D eigenvalue weighted by atomic mass is 32.2. The van der Waals surface area contributed by atoms with Gasteiger partial charge >= 0.3 is 6.36 Å². The summed E-state index contributed by atoms with van der Waals surface area (Å²) in [7, 11) is -0.845. The standard InChI is InChI=1S/C12H16F3NO2S/c1-19(17)8-4-7-16-9-10-5-2-3-6-11(10)18-12(13,14)15/h2-3,5-6,16H,4,7-9H2,1H3. The van der Waals surface area contributed by atoms with Crippen LogP contribution < -0.4 is 10.1 Å². The van der Waals surface area contributed by atoms with Crippen LogP contribution in [0.5, 0.6) is 5.75 Å². The van der Waals surface area contributed by atoms with Gasteiger partial charge in [-0.1, -0.05) is 18.2 Å². The number of hydrogen-bond donors (Lipinski definition) is 1. The van der Waals surface area contributed by atoms with Gasteiger partial charge in [-0.25, -0.2) is 0 Å². The van der Waals surface area contributed by atoms with Crippen LogP contribution >= 0.6 is 0 Å². The van der Waals surface area contributed by atoms with Crippen molar-refractivity contribution in [2.24, 2.45) is 0 Å². The average molecular weight is 295 g/mol. The number of rotatable bonds is 7. The lowest BCUT2D eigenvalue weighted by molar-refractivity contribution is -0.274. The summed E-state index contributed by atoms with van der Waals surface area (Å²) in [5, 5.41) is 3.00. The Labute approximate surface area is 112 Å². The molecule has 0 amide bonds. The predicted octanol–water partition coefficient (Wildman–Crippen LogP) is 2.44. The minimum Gasteiger partial charge on any atom is -0.405 e. The van der Waals surface area contributed by atoms with E-state index in [0.29, 0.717) is 24.3 Å². The van der Waals surface area contributed by atoms with Gasteiger partial charge in [0, 0.05) is 34.9 Å². The van der Waals surface area contributed by atoms with E-state index >= 15 is 0 Å². The van der Waals surface area contributed by atoms with Crippen molar-refractivity contribution in [1.29, 1.82) is 0 Å². The van der Waals surface area contributed by atoms with Crippen LogP contribution in [0.3, 0.4) is 0 Å². The highest BCUT2D eigenvalue weighted by Gasteiger charge is 2.31. The van der Waals surface area contributed by atoms with E-state index < -0.39 is 17.2 Å². The molecular weight excluding hydrogens is 279 g/mol. The summed E-state index contributed by atoms with van der Waals surface area (Å²) < 4.78 is 51.3. The van der Waals surface area contributed by atoms with Crippen LogP contribution in [-0.4, -0.2) is 29.1 Å². The van der Waals surface area contributed by atoms with Crippen molar-refractivity contribution >= 4 is 10.8 Å². The second kappa shape index (κ2) is 7.49. The lowest BCUT2D eigenvalue weighted by atomic mass is 10.2. The van der Waals surface area contributed by atoms with Crippen molar-refractivity contribution in [2.45, 2.75) is 19.3 Å². The fraction of sp³-hybridized carbons (Fsp3) is 0.500. The maximum Gasteiger partial charge on any atom is 0.573 e. The Morgan fingerprint density at radius 2 is 2.00 bits per heavy atom. The normalized spacial score (nSPS) is 13.3. The molecule has 0 aliphatic rings. The Morgan fingerprint density at radius 3 is 2.63 bits per heavy atom. The average Bonchev–Trinajstić information content (AvgIpc) is 2.28. The van der Waals surface area contributed by atoms with E-state index in [9.17, 15) is 17.4 Å². The van der Waals surface area contributed by atoms with E-state index in [1.54, 1.807) is 18.4 Å². The Kier molecular flexibility index (Phi) is 6.30. The van der Waals surface area contributed by atoms with Gasteiger partial charge in [-0.05, 0) is 19.0 Å².